The minimum absolute atomic E-state index is 0.00607. The van der Waals surface area contributed by atoms with Crippen molar-refractivity contribution < 1.29 is 19.4 Å². The predicted molar refractivity (Wildman–Crippen MR) is 134 cm³/mol. The Bertz CT molecular complexity index is 1130. The van der Waals surface area contributed by atoms with E-state index in [1.165, 1.54) is 4.90 Å². The van der Waals surface area contributed by atoms with Crippen molar-refractivity contribution in [2.75, 3.05) is 25.1 Å². The Morgan fingerprint density at radius 3 is 1.89 bits per heavy atom. The van der Waals surface area contributed by atoms with Crippen molar-refractivity contribution in [3.63, 3.8) is 0 Å². The molecule has 6 heteroatoms. The van der Waals surface area contributed by atoms with Crippen LogP contribution in [0.2, 0.25) is 0 Å². The van der Waals surface area contributed by atoms with Gasteiger partial charge in [-0.3, -0.25) is 14.5 Å². The zero-order valence-corrected chi connectivity index (χ0v) is 19.8. The molecule has 0 aliphatic carbocycles. The highest BCUT2D eigenvalue weighted by Gasteiger charge is 2.46. The summed E-state index contributed by atoms with van der Waals surface area (Å²) in [7, 11) is 1.58. The lowest BCUT2D eigenvalue weighted by Gasteiger charge is -2.43. The second-order valence-corrected chi connectivity index (χ2v) is 9.29. The number of aliphatic hydroxyl groups is 1. The maximum atomic E-state index is 13.3. The maximum absolute atomic E-state index is 13.3. The molecule has 6 nitrogen and oxygen atoms in total. The monoisotopic (exact) mass is 470 g/mol. The molecule has 0 unspecified atom stereocenters. The van der Waals surface area contributed by atoms with Gasteiger partial charge in [0.1, 0.15) is 11.4 Å². The first-order valence-electron chi connectivity index (χ1n) is 12.1. The van der Waals surface area contributed by atoms with Gasteiger partial charge in [0.2, 0.25) is 5.91 Å². The number of carbonyl (C=O) groups excluding carboxylic acids is 2. The highest BCUT2D eigenvalue weighted by atomic mass is 16.5. The normalized spacial score (nSPS) is 19.8. The van der Waals surface area contributed by atoms with Crippen molar-refractivity contribution in [2.24, 2.45) is 5.92 Å². The Morgan fingerprint density at radius 2 is 1.37 bits per heavy atom. The minimum atomic E-state index is -1.11. The SMILES string of the molecule is COc1ccc(N2C(=O)C[C@@H](N3CCC(C(O)(c4ccccc4)c4ccccc4)CC3)C2=O)cc1. The van der Waals surface area contributed by atoms with Crippen molar-refractivity contribution in [1.82, 2.24) is 4.90 Å². The molecule has 3 aromatic carbocycles. The molecule has 2 amide bonds. The Morgan fingerprint density at radius 1 is 0.829 bits per heavy atom. The van der Waals surface area contributed by atoms with Gasteiger partial charge in [0.15, 0.2) is 0 Å². The number of imide groups is 1. The second kappa shape index (κ2) is 9.64. The van der Waals surface area contributed by atoms with Gasteiger partial charge in [-0.2, -0.15) is 0 Å². The Labute approximate surface area is 205 Å². The fourth-order valence-electron chi connectivity index (χ4n) is 5.56. The molecule has 2 heterocycles. The number of ether oxygens (including phenoxy) is 1. The Kier molecular flexibility index (Phi) is 6.41. The summed E-state index contributed by atoms with van der Waals surface area (Å²) < 4.78 is 5.19. The van der Waals surface area contributed by atoms with Crippen LogP contribution in [-0.2, 0) is 15.2 Å². The number of amides is 2. The molecule has 2 aliphatic heterocycles. The highest BCUT2D eigenvalue weighted by molar-refractivity contribution is 6.22. The van der Waals surface area contributed by atoms with Crippen LogP contribution in [0.1, 0.15) is 30.4 Å². The van der Waals surface area contributed by atoms with Gasteiger partial charge in [-0.25, -0.2) is 4.90 Å². The number of anilines is 1. The van der Waals surface area contributed by atoms with Crippen LogP contribution in [0.4, 0.5) is 5.69 Å². The zero-order chi connectivity index (χ0) is 24.4. The topological polar surface area (TPSA) is 70.1 Å². The third kappa shape index (κ3) is 4.24. The molecule has 180 valence electrons. The number of methoxy groups -OCH3 is 1. The standard InChI is InChI=1S/C29H30N2O4/c1-35-25-14-12-24(13-15-25)31-27(32)20-26(28(31)33)30-18-16-23(17-19-30)29(34,21-8-4-2-5-9-21)22-10-6-3-7-11-22/h2-15,23,26,34H,16-20H2,1H3/t26-/m1/s1. The molecular formula is C29H30N2O4. The average molecular weight is 471 g/mol. The van der Waals surface area contributed by atoms with Crippen LogP contribution < -0.4 is 9.64 Å². The number of piperidine rings is 1. The van der Waals surface area contributed by atoms with E-state index in [2.05, 4.69) is 4.90 Å². The first-order chi connectivity index (χ1) is 17.0. The van der Waals surface area contributed by atoms with Gasteiger partial charge in [0.05, 0.1) is 25.3 Å². The zero-order valence-electron chi connectivity index (χ0n) is 19.8. The Hall–Kier alpha value is -3.48. The number of nitrogens with zero attached hydrogens (tertiary/aromatic N) is 2. The smallest absolute Gasteiger partial charge is 0.251 e. The molecule has 3 aromatic rings. The quantitative estimate of drug-likeness (QED) is 0.552. The molecular weight excluding hydrogens is 440 g/mol. The van der Waals surface area contributed by atoms with Crippen LogP contribution in [0.3, 0.4) is 0 Å². The molecule has 2 fully saturated rings. The second-order valence-electron chi connectivity index (χ2n) is 9.29. The summed E-state index contributed by atoms with van der Waals surface area (Å²) in [6.45, 7) is 1.29. The van der Waals surface area contributed by atoms with Crippen molar-refractivity contribution >= 4 is 17.5 Å². The molecule has 35 heavy (non-hydrogen) atoms. The van der Waals surface area contributed by atoms with Gasteiger partial charge in [-0.15, -0.1) is 0 Å². The largest absolute Gasteiger partial charge is 0.497 e. The molecule has 1 atom stereocenters. The van der Waals surface area contributed by atoms with Gasteiger partial charge in [0, 0.05) is 0 Å². The highest BCUT2D eigenvalue weighted by Crippen LogP contribution is 2.42. The van der Waals surface area contributed by atoms with E-state index in [9.17, 15) is 14.7 Å². The summed E-state index contributed by atoms with van der Waals surface area (Å²) in [6, 6.07) is 26.1. The van der Waals surface area contributed by atoms with E-state index in [4.69, 9.17) is 4.74 Å². The number of hydrogen-bond acceptors (Lipinski definition) is 5. The fourth-order valence-corrected chi connectivity index (χ4v) is 5.56. The van der Waals surface area contributed by atoms with E-state index < -0.39 is 11.6 Å². The lowest BCUT2D eigenvalue weighted by Crippen LogP contribution is -2.49. The summed E-state index contributed by atoms with van der Waals surface area (Å²) in [6.07, 6.45) is 1.62. The molecule has 0 saturated carbocycles. The van der Waals surface area contributed by atoms with Crippen LogP contribution in [0.5, 0.6) is 5.75 Å². The lowest BCUT2D eigenvalue weighted by molar-refractivity contribution is -0.123. The van der Waals surface area contributed by atoms with Crippen molar-refractivity contribution in [3.05, 3.63) is 96.1 Å². The van der Waals surface area contributed by atoms with Gasteiger partial charge in [0.25, 0.3) is 5.91 Å². The van der Waals surface area contributed by atoms with E-state index in [0.29, 0.717) is 24.5 Å². The number of rotatable bonds is 6. The summed E-state index contributed by atoms with van der Waals surface area (Å²) in [5.74, 6) is 0.307. The summed E-state index contributed by atoms with van der Waals surface area (Å²) in [5, 5.41) is 12.1. The Balaban J connectivity index is 1.33. The fraction of sp³-hybridized carbons (Fsp3) is 0.310. The first-order valence-corrected chi connectivity index (χ1v) is 12.1. The lowest BCUT2D eigenvalue weighted by atomic mass is 9.72. The molecule has 0 radical (unpaired) electrons. The van der Waals surface area contributed by atoms with Crippen LogP contribution in [-0.4, -0.2) is 48.1 Å². The van der Waals surface area contributed by atoms with Gasteiger partial charge in [-0.05, 0) is 67.2 Å². The van der Waals surface area contributed by atoms with E-state index in [0.717, 1.165) is 24.0 Å². The van der Waals surface area contributed by atoms with Gasteiger partial charge in [-0.1, -0.05) is 60.7 Å². The number of carbonyl (C=O) groups is 2. The summed E-state index contributed by atoms with van der Waals surface area (Å²) >= 11 is 0. The predicted octanol–water partition coefficient (Wildman–Crippen LogP) is 3.98. The maximum Gasteiger partial charge on any atom is 0.251 e. The molecule has 2 saturated heterocycles. The van der Waals surface area contributed by atoms with Crippen molar-refractivity contribution in [2.45, 2.75) is 30.9 Å². The summed E-state index contributed by atoms with van der Waals surface area (Å²) in [4.78, 5) is 29.5. The molecule has 1 N–H and O–H groups in total. The van der Waals surface area contributed by atoms with Gasteiger partial charge >= 0.3 is 0 Å². The van der Waals surface area contributed by atoms with Crippen molar-refractivity contribution in [1.29, 1.82) is 0 Å². The molecule has 0 aromatic heterocycles. The molecule has 5 rings (SSSR count). The third-order valence-electron chi connectivity index (χ3n) is 7.44. The van der Waals surface area contributed by atoms with E-state index in [1.54, 1.807) is 31.4 Å². The van der Waals surface area contributed by atoms with Crippen molar-refractivity contribution in [3.8, 4) is 5.75 Å². The number of likely N-dealkylation sites (tertiary alicyclic amines) is 1. The van der Waals surface area contributed by atoms with Crippen LogP contribution in [0, 0.1) is 5.92 Å². The van der Waals surface area contributed by atoms with E-state index in [-0.39, 0.29) is 24.2 Å². The first kappa shape index (κ1) is 23.3. The number of hydrogen-bond donors (Lipinski definition) is 1. The molecule has 0 bridgehead atoms. The third-order valence-corrected chi connectivity index (χ3v) is 7.44. The van der Waals surface area contributed by atoms with Crippen LogP contribution >= 0.6 is 0 Å². The minimum Gasteiger partial charge on any atom is -0.497 e. The van der Waals surface area contributed by atoms with Gasteiger partial charge < -0.3 is 9.84 Å². The van der Waals surface area contributed by atoms with Crippen LogP contribution in [0.25, 0.3) is 0 Å². The molecule has 0 spiro atoms. The summed E-state index contributed by atoms with van der Waals surface area (Å²) in [5.41, 5.74) is 1.21. The van der Waals surface area contributed by atoms with E-state index >= 15 is 0 Å². The molecule has 2 aliphatic rings. The van der Waals surface area contributed by atoms with E-state index in [1.807, 2.05) is 60.7 Å². The average Bonchev–Trinajstić information content (AvgIpc) is 3.22. The number of benzene rings is 3. The van der Waals surface area contributed by atoms with Crippen LogP contribution in [0.15, 0.2) is 84.9 Å².